The van der Waals surface area contributed by atoms with Crippen LogP contribution in [0.3, 0.4) is 0 Å². The molecule has 3 rings (SSSR count). The molecule has 6 nitrogen and oxygen atoms in total. The van der Waals surface area contributed by atoms with Crippen LogP contribution in [0.15, 0.2) is 44.4 Å². The zero-order valence-electron chi connectivity index (χ0n) is 15.0. The van der Waals surface area contributed by atoms with Gasteiger partial charge in [-0.15, -0.1) is 0 Å². The minimum Gasteiger partial charge on any atom is -0.469 e. The third kappa shape index (κ3) is 5.39. The first-order chi connectivity index (χ1) is 12.2. The van der Waals surface area contributed by atoms with Crippen molar-refractivity contribution in [2.75, 3.05) is 26.3 Å². The maximum Gasteiger partial charge on any atom is 0.191 e. The first kappa shape index (κ1) is 17.6. The van der Waals surface area contributed by atoms with Gasteiger partial charge in [0.05, 0.1) is 18.9 Å². The fourth-order valence-corrected chi connectivity index (χ4v) is 2.82. The molecule has 2 N–H and O–H groups in total. The lowest BCUT2D eigenvalue weighted by Crippen LogP contribution is -2.40. The Balaban J connectivity index is 1.57. The molecule has 3 heterocycles. The minimum absolute atomic E-state index is 0.0448. The Kier molecular flexibility index (Phi) is 6.17. The van der Waals surface area contributed by atoms with E-state index < -0.39 is 0 Å². The lowest BCUT2D eigenvalue weighted by atomic mass is 10.1. The molecule has 6 heteroatoms. The smallest absolute Gasteiger partial charge is 0.191 e. The van der Waals surface area contributed by atoms with Gasteiger partial charge in [0.1, 0.15) is 17.3 Å². The van der Waals surface area contributed by atoms with E-state index in [1.54, 1.807) is 6.26 Å². The van der Waals surface area contributed by atoms with Gasteiger partial charge in [-0.3, -0.25) is 4.99 Å². The molecule has 1 aliphatic heterocycles. The Labute approximate surface area is 148 Å². The molecular formula is C19H27N3O3. The summed E-state index contributed by atoms with van der Waals surface area (Å²) in [6.07, 6.45) is 3.59. The van der Waals surface area contributed by atoms with Crippen molar-refractivity contribution in [3.63, 3.8) is 0 Å². The highest BCUT2D eigenvalue weighted by molar-refractivity contribution is 5.80. The summed E-state index contributed by atoms with van der Waals surface area (Å²) in [5.41, 5.74) is 0. The molecule has 0 saturated carbocycles. The van der Waals surface area contributed by atoms with Crippen LogP contribution >= 0.6 is 0 Å². The Morgan fingerprint density at radius 1 is 1.36 bits per heavy atom. The predicted molar refractivity (Wildman–Crippen MR) is 96.6 cm³/mol. The van der Waals surface area contributed by atoms with Crippen molar-refractivity contribution < 1.29 is 13.6 Å². The molecule has 1 saturated heterocycles. The SMILES string of the molecule is Cc1ccc(C(C)NC(=NCC2CCOC2)NCCc2ccco2)o1. The molecule has 2 aromatic rings. The second-order valence-corrected chi connectivity index (χ2v) is 6.49. The maximum absolute atomic E-state index is 5.71. The fourth-order valence-electron chi connectivity index (χ4n) is 2.82. The van der Waals surface area contributed by atoms with Crippen LogP contribution in [0.25, 0.3) is 0 Å². The molecule has 2 atom stereocenters. The summed E-state index contributed by atoms with van der Waals surface area (Å²) in [4.78, 5) is 4.74. The number of hydrogen-bond acceptors (Lipinski definition) is 4. The molecule has 0 spiro atoms. The monoisotopic (exact) mass is 345 g/mol. The molecule has 1 aliphatic rings. The number of nitrogens with one attached hydrogen (secondary N) is 2. The fraction of sp³-hybridized carbons (Fsp3) is 0.526. The number of furan rings is 2. The zero-order valence-corrected chi connectivity index (χ0v) is 15.0. The van der Waals surface area contributed by atoms with Crippen molar-refractivity contribution in [1.82, 2.24) is 10.6 Å². The summed E-state index contributed by atoms with van der Waals surface area (Å²) in [6.45, 7) is 7.19. The summed E-state index contributed by atoms with van der Waals surface area (Å²) < 4.78 is 16.5. The van der Waals surface area contributed by atoms with Gasteiger partial charge in [0.2, 0.25) is 0 Å². The van der Waals surface area contributed by atoms with Crippen LogP contribution in [0.2, 0.25) is 0 Å². The van der Waals surface area contributed by atoms with Crippen LogP contribution in [0.5, 0.6) is 0 Å². The van der Waals surface area contributed by atoms with Gasteiger partial charge in [-0.05, 0) is 44.5 Å². The molecular weight excluding hydrogens is 318 g/mol. The third-order valence-electron chi connectivity index (χ3n) is 4.32. The summed E-state index contributed by atoms with van der Waals surface area (Å²) >= 11 is 0. The molecule has 0 aliphatic carbocycles. The maximum atomic E-state index is 5.71. The molecule has 1 fully saturated rings. The highest BCUT2D eigenvalue weighted by atomic mass is 16.5. The Bertz CT molecular complexity index is 657. The summed E-state index contributed by atoms with van der Waals surface area (Å²) in [5, 5.41) is 6.81. The minimum atomic E-state index is 0.0448. The van der Waals surface area contributed by atoms with Crippen LogP contribution in [0.1, 0.15) is 36.7 Å². The molecule has 0 aromatic carbocycles. The normalized spacial score (nSPS) is 19.1. The summed E-state index contributed by atoms with van der Waals surface area (Å²) in [5.74, 6) is 4.08. The Morgan fingerprint density at radius 3 is 2.96 bits per heavy atom. The Morgan fingerprint density at radius 2 is 2.28 bits per heavy atom. The van der Waals surface area contributed by atoms with Gasteiger partial charge in [-0.25, -0.2) is 0 Å². The van der Waals surface area contributed by atoms with Crippen molar-refractivity contribution in [2.24, 2.45) is 10.9 Å². The number of hydrogen-bond donors (Lipinski definition) is 2. The molecule has 2 aromatic heterocycles. The van der Waals surface area contributed by atoms with Crippen LogP contribution in [0.4, 0.5) is 0 Å². The van der Waals surface area contributed by atoms with Crippen molar-refractivity contribution >= 4 is 5.96 Å². The van der Waals surface area contributed by atoms with Crippen LogP contribution in [-0.4, -0.2) is 32.3 Å². The quantitative estimate of drug-likeness (QED) is 0.596. The highest BCUT2D eigenvalue weighted by Gasteiger charge is 2.16. The molecule has 0 radical (unpaired) electrons. The van der Waals surface area contributed by atoms with Gasteiger partial charge in [0, 0.05) is 32.0 Å². The van der Waals surface area contributed by atoms with E-state index in [2.05, 4.69) is 17.6 Å². The van der Waals surface area contributed by atoms with E-state index in [4.69, 9.17) is 18.6 Å². The number of rotatable bonds is 7. The lowest BCUT2D eigenvalue weighted by Gasteiger charge is -2.17. The van der Waals surface area contributed by atoms with Crippen LogP contribution in [0, 0.1) is 12.8 Å². The number of ether oxygens (including phenoxy) is 1. The van der Waals surface area contributed by atoms with Gasteiger partial charge < -0.3 is 24.2 Å². The third-order valence-corrected chi connectivity index (χ3v) is 4.32. The van der Waals surface area contributed by atoms with Crippen molar-refractivity contribution in [1.29, 1.82) is 0 Å². The molecule has 136 valence electrons. The number of nitrogens with zero attached hydrogens (tertiary/aromatic N) is 1. The Hall–Kier alpha value is -2.21. The average molecular weight is 345 g/mol. The van der Waals surface area contributed by atoms with Gasteiger partial charge in [-0.2, -0.15) is 0 Å². The predicted octanol–water partition coefficient (Wildman–Crippen LogP) is 3.06. The van der Waals surface area contributed by atoms with E-state index in [0.29, 0.717) is 5.92 Å². The zero-order chi connectivity index (χ0) is 17.5. The molecule has 0 bridgehead atoms. The van der Waals surface area contributed by atoms with Crippen molar-refractivity contribution in [2.45, 2.75) is 32.7 Å². The van der Waals surface area contributed by atoms with Gasteiger partial charge >= 0.3 is 0 Å². The second-order valence-electron chi connectivity index (χ2n) is 6.49. The van der Waals surface area contributed by atoms with E-state index in [1.165, 1.54) is 0 Å². The van der Waals surface area contributed by atoms with E-state index in [0.717, 1.165) is 62.4 Å². The largest absolute Gasteiger partial charge is 0.469 e. The van der Waals surface area contributed by atoms with E-state index >= 15 is 0 Å². The molecule has 0 amide bonds. The van der Waals surface area contributed by atoms with Crippen molar-refractivity contribution in [3.05, 3.63) is 47.8 Å². The molecule has 2 unspecified atom stereocenters. The standard InChI is InChI=1S/C19H27N3O3/c1-14-5-6-18(25-14)15(2)22-19(21-12-16-8-11-23-13-16)20-9-7-17-4-3-10-24-17/h3-6,10,15-16H,7-9,11-13H2,1-2H3,(H2,20,21,22). The van der Waals surface area contributed by atoms with Gasteiger partial charge in [0.15, 0.2) is 5.96 Å². The van der Waals surface area contributed by atoms with Crippen molar-refractivity contribution in [3.8, 4) is 0 Å². The highest BCUT2D eigenvalue weighted by Crippen LogP contribution is 2.16. The van der Waals surface area contributed by atoms with Crippen LogP contribution in [-0.2, 0) is 11.2 Å². The average Bonchev–Trinajstić information content (AvgIpc) is 3.35. The number of aliphatic imine (C=N–C) groups is 1. The number of aryl methyl sites for hydroxylation is 1. The first-order valence-electron chi connectivity index (χ1n) is 8.92. The lowest BCUT2D eigenvalue weighted by molar-refractivity contribution is 0.187. The van der Waals surface area contributed by atoms with E-state index in [1.807, 2.05) is 31.2 Å². The van der Waals surface area contributed by atoms with Crippen LogP contribution < -0.4 is 10.6 Å². The molecule has 25 heavy (non-hydrogen) atoms. The van der Waals surface area contributed by atoms with E-state index in [-0.39, 0.29) is 6.04 Å². The first-order valence-corrected chi connectivity index (χ1v) is 8.92. The van der Waals surface area contributed by atoms with Gasteiger partial charge in [0.25, 0.3) is 0 Å². The number of guanidine groups is 1. The summed E-state index contributed by atoms with van der Waals surface area (Å²) in [6, 6.07) is 7.91. The second kappa shape index (κ2) is 8.76. The van der Waals surface area contributed by atoms with E-state index in [9.17, 15) is 0 Å². The topological polar surface area (TPSA) is 71.9 Å². The van der Waals surface area contributed by atoms with Gasteiger partial charge in [-0.1, -0.05) is 0 Å². The summed E-state index contributed by atoms with van der Waals surface area (Å²) in [7, 11) is 0.